The van der Waals surface area contributed by atoms with Crippen molar-refractivity contribution < 1.29 is 13.9 Å². The highest BCUT2D eigenvalue weighted by molar-refractivity contribution is 7.99. The molecule has 6 nitrogen and oxygen atoms in total. The van der Waals surface area contributed by atoms with E-state index in [1.807, 2.05) is 61.5 Å². The highest BCUT2D eigenvalue weighted by Gasteiger charge is 2.11. The molecule has 0 aliphatic rings. The van der Waals surface area contributed by atoms with E-state index in [0.29, 0.717) is 11.1 Å². The molecule has 128 valence electrons. The average Bonchev–Trinajstić information content (AvgIpc) is 3.08. The highest BCUT2D eigenvalue weighted by Crippen LogP contribution is 2.20. The molecule has 0 saturated heterocycles. The topological polar surface area (TPSA) is 77.2 Å². The molecule has 0 aliphatic heterocycles. The van der Waals surface area contributed by atoms with Crippen molar-refractivity contribution in [2.24, 2.45) is 0 Å². The molecule has 0 aliphatic carbocycles. The number of nitrogens with one attached hydrogen (secondary N) is 1. The maximum Gasteiger partial charge on any atom is 0.277 e. The lowest BCUT2D eigenvalue weighted by Crippen LogP contribution is -2.13. The van der Waals surface area contributed by atoms with Gasteiger partial charge in [0.2, 0.25) is 5.91 Å². The summed E-state index contributed by atoms with van der Waals surface area (Å²) in [6.45, 7) is 2.16. The SMILES string of the molecule is Cc1ccccc1OCc1nnc(SCC(=O)Nc2ccccc2)o1. The van der Waals surface area contributed by atoms with Crippen LogP contribution in [0.2, 0.25) is 0 Å². The van der Waals surface area contributed by atoms with E-state index in [1.165, 1.54) is 11.8 Å². The number of carbonyl (C=O) groups is 1. The molecule has 3 rings (SSSR count). The van der Waals surface area contributed by atoms with Gasteiger partial charge in [0, 0.05) is 5.69 Å². The molecule has 0 saturated carbocycles. The van der Waals surface area contributed by atoms with E-state index >= 15 is 0 Å². The first-order valence-corrected chi connectivity index (χ1v) is 8.68. The summed E-state index contributed by atoms with van der Waals surface area (Å²) in [5, 5.41) is 11.0. The van der Waals surface area contributed by atoms with E-state index in [-0.39, 0.29) is 18.3 Å². The Morgan fingerprint density at radius 3 is 2.68 bits per heavy atom. The number of aryl methyl sites for hydroxylation is 1. The molecule has 0 spiro atoms. The van der Waals surface area contributed by atoms with Crippen LogP contribution in [-0.2, 0) is 11.4 Å². The Hall–Kier alpha value is -2.80. The number of thioether (sulfide) groups is 1. The molecule has 0 radical (unpaired) electrons. The summed E-state index contributed by atoms with van der Waals surface area (Å²) < 4.78 is 11.1. The fraction of sp³-hybridized carbons (Fsp3) is 0.167. The van der Waals surface area contributed by atoms with Gasteiger partial charge in [-0.05, 0) is 30.7 Å². The van der Waals surface area contributed by atoms with Gasteiger partial charge in [-0.1, -0.05) is 48.2 Å². The molecule has 0 atom stereocenters. The zero-order valence-electron chi connectivity index (χ0n) is 13.6. The van der Waals surface area contributed by atoms with E-state index < -0.39 is 0 Å². The van der Waals surface area contributed by atoms with Gasteiger partial charge >= 0.3 is 0 Å². The van der Waals surface area contributed by atoms with Crippen LogP contribution in [0.4, 0.5) is 5.69 Å². The van der Waals surface area contributed by atoms with Crippen molar-refractivity contribution in [3.63, 3.8) is 0 Å². The number of ether oxygens (including phenoxy) is 1. The summed E-state index contributed by atoms with van der Waals surface area (Å²) >= 11 is 1.19. The predicted octanol–water partition coefficient (Wildman–Crippen LogP) is 3.69. The molecule has 0 fully saturated rings. The number of benzene rings is 2. The van der Waals surface area contributed by atoms with Gasteiger partial charge in [-0.2, -0.15) is 0 Å². The first kappa shape index (κ1) is 17.0. The lowest BCUT2D eigenvalue weighted by molar-refractivity contribution is -0.113. The molecule has 0 unspecified atom stereocenters. The molecule has 0 bridgehead atoms. The fourth-order valence-electron chi connectivity index (χ4n) is 2.06. The second-order valence-electron chi connectivity index (χ2n) is 5.22. The van der Waals surface area contributed by atoms with Crippen LogP contribution in [0.15, 0.2) is 64.2 Å². The van der Waals surface area contributed by atoms with Gasteiger partial charge in [-0.3, -0.25) is 4.79 Å². The third-order valence-electron chi connectivity index (χ3n) is 3.28. The number of nitrogens with zero attached hydrogens (tertiary/aromatic N) is 2. The van der Waals surface area contributed by atoms with Crippen molar-refractivity contribution in [2.75, 3.05) is 11.1 Å². The van der Waals surface area contributed by atoms with Gasteiger partial charge < -0.3 is 14.5 Å². The Morgan fingerprint density at radius 1 is 1.12 bits per heavy atom. The Bertz CT molecular complexity index is 836. The number of hydrogen-bond acceptors (Lipinski definition) is 6. The molecule has 1 aromatic heterocycles. The summed E-state index contributed by atoms with van der Waals surface area (Å²) in [6, 6.07) is 17.0. The van der Waals surface area contributed by atoms with Crippen molar-refractivity contribution >= 4 is 23.4 Å². The first-order chi connectivity index (χ1) is 12.2. The van der Waals surface area contributed by atoms with Crippen LogP contribution in [0.3, 0.4) is 0 Å². The zero-order chi connectivity index (χ0) is 17.5. The molecule has 2 aromatic carbocycles. The third kappa shape index (κ3) is 5.09. The van der Waals surface area contributed by atoms with E-state index in [1.54, 1.807) is 0 Å². The van der Waals surface area contributed by atoms with Gasteiger partial charge in [-0.25, -0.2) is 0 Å². The predicted molar refractivity (Wildman–Crippen MR) is 95.6 cm³/mol. The van der Waals surface area contributed by atoms with Crippen molar-refractivity contribution in [1.29, 1.82) is 0 Å². The second kappa shape index (κ2) is 8.34. The summed E-state index contributed by atoms with van der Waals surface area (Å²) in [5.74, 6) is 1.20. The average molecular weight is 355 g/mol. The quantitative estimate of drug-likeness (QED) is 0.651. The monoisotopic (exact) mass is 355 g/mol. The molecule has 3 aromatic rings. The number of aromatic nitrogens is 2. The molecule has 1 amide bonds. The van der Waals surface area contributed by atoms with Crippen molar-refractivity contribution in [3.8, 4) is 5.75 Å². The van der Waals surface area contributed by atoms with E-state index in [9.17, 15) is 4.79 Å². The van der Waals surface area contributed by atoms with Gasteiger partial charge in [0.25, 0.3) is 11.1 Å². The molecular formula is C18H17N3O3S. The first-order valence-electron chi connectivity index (χ1n) is 7.69. The van der Waals surface area contributed by atoms with Gasteiger partial charge in [0.05, 0.1) is 5.75 Å². The summed E-state index contributed by atoms with van der Waals surface area (Å²) in [6.07, 6.45) is 0. The lowest BCUT2D eigenvalue weighted by Gasteiger charge is -2.05. The summed E-state index contributed by atoms with van der Waals surface area (Å²) in [4.78, 5) is 11.9. The van der Waals surface area contributed by atoms with E-state index in [0.717, 1.165) is 17.0 Å². The van der Waals surface area contributed by atoms with Crippen LogP contribution in [-0.4, -0.2) is 21.9 Å². The Morgan fingerprint density at radius 2 is 1.88 bits per heavy atom. The molecule has 25 heavy (non-hydrogen) atoms. The summed E-state index contributed by atoms with van der Waals surface area (Å²) in [7, 11) is 0. The second-order valence-corrected chi connectivity index (χ2v) is 6.15. The standard InChI is InChI=1S/C18H17N3O3S/c1-13-7-5-6-10-15(13)23-11-17-20-21-18(24-17)25-12-16(22)19-14-8-3-2-4-9-14/h2-10H,11-12H2,1H3,(H,19,22). The van der Waals surface area contributed by atoms with E-state index in [4.69, 9.17) is 9.15 Å². The van der Waals surface area contributed by atoms with Crippen molar-refractivity contribution in [2.45, 2.75) is 18.8 Å². The van der Waals surface area contributed by atoms with E-state index in [2.05, 4.69) is 15.5 Å². The van der Waals surface area contributed by atoms with Crippen LogP contribution >= 0.6 is 11.8 Å². The Labute approximate surface area is 149 Å². The van der Waals surface area contributed by atoms with Crippen LogP contribution in [0.25, 0.3) is 0 Å². The maximum atomic E-state index is 11.9. The number of anilines is 1. The van der Waals surface area contributed by atoms with Crippen molar-refractivity contribution in [1.82, 2.24) is 10.2 Å². The molecule has 7 heteroatoms. The molecular weight excluding hydrogens is 338 g/mol. The van der Waals surface area contributed by atoms with Crippen LogP contribution < -0.4 is 10.1 Å². The third-order valence-corrected chi connectivity index (χ3v) is 4.10. The fourth-order valence-corrected chi connectivity index (χ4v) is 2.64. The number of para-hydroxylation sites is 2. The van der Waals surface area contributed by atoms with Gasteiger partial charge in [-0.15, -0.1) is 10.2 Å². The number of hydrogen-bond donors (Lipinski definition) is 1. The molecule has 1 N–H and O–H groups in total. The minimum Gasteiger partial charge on any atom is -0.484 e. The van der Waals surface area contributed by atoms with Crippen LogP contribution in [0, 0.1) is 6.92 Å². The smallest absolute Gasteiger partial charge is 0.277 e. The lowest BCUT2D eigenvalue weighted by atomic mass is 10.2. The summed E-state index contributed by atoms with van der Waals surface area (Å²) in [5.41, 5.74) is 1.79. The number of amides is 1. The zero-order valence-corrected chi connectivity index (χ0v) is 14.5. The minimum absolute atomic E-state index is 0.132. The normalized spacial score (nSPS) is 10.4. The Balaban J connectivity index is 1.47. The maximum absolute atomic E-state index is 11.9. The van der Waals surface area contributed by atoms with Crippen molar-refractivity contribution in [3.05, 3.63) is 66.1 Å². The van der Waals surface area contributed by atoms with Crippen LogP contribution in [0.1, 0.15) is 11.5 Å². The largest absolute Gasteiger partial charge is 0.484 e. The number of carbonyl (C=O) groups excluding carboxylic acids is 1. The highest BCUT2D eigenvalue weighted by atomic mass is 32.2. The van der Waals surface area contributed by atoms with Gasteiger partial charge in [0.15, 0.2) is 6.61 Å². The minimum atomic E-state index is -0.132. The Kier molecular flexibility index (Phi) is 5.69. The van der Waals surface area contributed by atoms with Crippen LogP contribution in [0.5, 0.6) is 5.75 Å². The van der Waals surface area contributed by atoms with Gasteiger partial charge in [0.1, 0.15) is 5.75 Å². The number of rotatable bonds is 7. The molecule has 1 heterocycles.